The van der Waals surface area contributed by atoms with Gasteiger partial charge in [0, 0.05) is 13.0 Å². The van der Waals surface area contributed by atoms with E-state index in [0.717, 1.165) is 12.1 Å². The summed E-state index contributed by atoms with van der Waals surface area (Å²) in [5.41, 5.74) is 2.05. The molecule has 0 aromatic rings. The molecule has 0 aliphatic heterocycles. The first-order valence-electron chi connectivity index (χ1n) is 4.26. The van der Waals surface area contributed by atoms with Crippen LogP contribution in [0, 0.1) is 11.8 Å². The molecule has 2 atom stereocenters. The third-order valence-corrected chi connectivity index (χ3v) is 2.56. The van der Waals surface area contributed by atoms with Crippen molar-refractivity contribution in [3.63, 3.8) is 0 Å². The summed E-state index contributed by atoms with van der Waals surface area (Å²) in [6, 6.07) is 0. The van der Waals surface area contributed by atoms with Crippen LogP contribution in [0.5, 0.6) is 0 Å². The molecule has 0 spiro atoms. The molecule has 2 rings (SSSR count). The average molecular weight is 179 g/mol. The molecule has 0 aromatic heterocycles. The number of carbonyl (C=O) groups is 1. The lowest BCUT2D eigenvalue weighted by atomic mass is 10.0. The highest BCUT2D eigenvalue weighted by molar-refractivity contribution is 5.68. The van der Waals surface area contributed by atoms with Gasteiger partial charge in [0.1, 0.15) is 0 Å². The SMILES string of the molecule is C=CC1=CC=C(NC(=O)O)C2CC12.[HH]. The van der Waals surface area contributed by atoms with Crippen molar-refractivity contribution in [3.05, 3.63) is 36.1 Å². The molecule has 3 heteroatoms. The van der Waals surface area contributed by atoms with Gasteiger partial charge in [0.05, 0.1) is 0 Å². The molecule has 2 unspecified atom stereocenters. The van der Waals surface area contributed by atoms with Crippen LogP contribution in [0.2, 0.25) is 0 Å². The van der Waals surface area contributed by atoms with Gasteiger partial charge in [0.2, 0.25) is 0 Å². The molecule has 0 bridgehead atoms. The van der Waals surface area contributed by atoms with Gasteiger partial charge < -0.3 is 5.11 Å². The van der Waals surface area contributed by atoms with Gasteiger partial charge in [0.15, 0.2) is 0 Å². The van der Waals surface area contributed by atoms with E-state index in [1.165, 1.54) is 5.57 Å². The summed E-state index contributed by atoms with van der Waals surface area (Å²) >= 11 is 0. The van der Waals surface area contributed by atoms with Gasteiger partial charge in [-0.25, -0.2) is 4.79 Å². The Bertz CT molecular complexity index is 333. The highest BCUT2D eigenvalue weighted by atomic mass is 16.4. The van der Waals surface area contributed by atoms with Crippen LogP contribution in [-0.2, 0) is 0 Å². The van der Waals surface area contributed by atoms with Gasteiger partial charge in [-0.3, -0.25) is 5.32 Å². The van der Waals surface area contributed by atoms with E-state index >= 15 is 0 Å². The van der Waals surface area contributed by atoms with Gasteiger partial charge >= 0.3 is 6.09 Å². The van der Waals surface area contributed by atoms with Crippen LogP contribution >= 0.6 is 0 Å². The van der Waals surface area contributed by atoms with Gasteiger partial charge in [-0.1, -0.05) is 18.7 Å². The summed E-state index contributed by atoms with van der Waals surface area (Å²) in [7, 11) is 0. The lowest BCUT2D eigenvalue weighted by Crippen LogP contribution is -2.22. The summed E-state index contributed by atoms with van der Waals surface area (Å²) in [6.45, 7) is 3.71. The van der Waals surface area contributed by atoms with Crippen molar-refractivity contribution in [2.24, 2.45) is 11.8 Å². The van der Waals surface area contributed by atoms with Crippen molar-refractivity contribution in [1.29, 1.82) is 0 Å². The van der Waals surface area contributed by atoms with Gasteiger partial charge in [-0.2, -0.15) is 0 Å². The monoisotopic (exact) mass is 179 g/mol. The summed E-state index contributed by atoms with van der Waals surface area (Å²) < 4.78 is 0. The molecule has 2 aliphatic rings. The normalized spacial score (nSPS) is 29.5. The molecule has 0 aromatic carbocycles. The fraction of sp³-hybridized carbons (Fsp3) is 0.300. The lowest BCUT2D eigenvalue weighted by molar-refractivity contribution is 0.197. The van der Waals surface area contributed by atoms with Gasteiger partial charge in [-0.15, -0.1) is 0 Å². The molecular weight excluding hydrogens is 166 g/mol. The standard InChI is InChI=1S/C10H11NO2.H2/c1-2-6-3-4-9(11-10(12)13)8-5-7(6)8;/h2-4,7-8,11H,1,5H2,(H,12,13);1H. The molecule has 1 amide bonds. The van der Waals surface area contributed by atoms with Crippen molar-refractivity contribution < 1.29 is 11.3 Å². The lowest BCUT2D eigenvalue weighted by Gasteiger charge is -2.10. The van der Waals surface area contributed by atoms with Gasteiger partial charge in [0.25, 0.3) is 0 Å². The molecule has 2 aliphatic carbocycles. The van der Waals surface area contributed by atoms with Crippen LogP contribution in [0.3, 0.4) is 0 Å². The predicted octanol–water partition coefficient (Wildman–Crippen LogP) is 2.15. The Morgan fingerprint density at radius 2 is 2.46 bits per heavy atom. The quantitative estimate of drug-likeness (QED) is 0.682. The summed E-state index contributed by atoms with van der Waals surface area (Å²) in [4.78, 5) is 10.4. The molecule has 1 saturated carbocycles. The minimum atomic E-state index is -0.979. The maximum Gasteiger partial charge on any atom is 0.408 e. The maximum absolute atomic E-state index is 10.4. The van der Waals surface area contributed by atoms with Crippen molar-refractivity contribution in [2.75, 3.05) is 0 Å². The fourth-order valence-corrected chi connectivity index (χ4v) is 1.82. The summed E-state index contributed by atoms with van der Waals surface area (Å²) in [5.74, 6) is 0.887. The number of fused-ring (bicyclic) bond motifs is 1. The van der Waals surface area contributed by atoms with Crippen molar-refractivity contribution >= 4 is 6.09 Å². The fourth-order valence-electron chi connectivity index (χ4n) is 1.82. The van der Waals surface area contributed by atoms with E-state index in [4.69, 9.17) is 5.11 Å². The Hall–Kier alpha value is -1.51. The first-order chi connectivity index (χ1) is 6.22. The number of nitrogens with one attached hydrogen (secondary N) is 1. The van der Waals surface area contributed by atoms with Crippen LogP contribution in [-0.4, -0.2) is 11.2 Å². The van der Waals surface area contributed by atoms with Crippen molar-refractivity contribution in [3.8, 4) is 0 Å². The topological polar surface area (TPSA) is 49.3 Å². The number of hydrogen-bond acceptors (Lipinski definition) is 1. The van der Waals surface area contributed by atoms with Crippen LogP contribution in [0.25, 0.3) is 0 Å². The van der Waals surface area contributed by atoms with E-state index in [0.29, 0.717) is 11.8 Å². The summed E-state index contributed by atoms with van der Waals surface area (Å²) in [5, 5.41) is 10.9. The Morgan fingerprint density at radius 1 is 1.69 bits per heavy atom. The van der Waals surface area contributed by atoms with Gasteiger partial charge in [-0.05, 0) is 24.0 Å². The molecule has 0 saturated heterocycles. The number of hydrogen-bond donors (Lipinski definition) is 2. The smallest absolute Gasteiger partial charge is 0.408 e. The van der Waals surface area contributed by atoms with Crippen LogP contribution in [0.4, 0.5) is 4.79 Å². The van der Waals surface area contributed by atoms with E-state index in [-0.39, 0.29) is 1.43 Å². The largest absolute Gasteiger partial charge is 0.465 e. The second kappa shape index (κ2) is 2.76. The Balaban J connectivity index is 0.000000980. The zero-order valence-electron chi connectivity index (χ0n) is 7.16. The molecule has 1 fully saturated rings. The van der Waals surface area contributed by atoms with E-state index in [2.05, 4.69) is 11.9 Å². The molecule has 70 valence electrons. The molecule has 3 nitrogen and oxygen atoms in total. The van der Waals surface area contributed by atoms with Crippen molar-refractivity contribution in [2.45, 2.75) is 6.42 Å². The third-order valence-electron chi connectivity index (χ3n) is 2.56. The average Bonchev–Trinajstić information content (AvgIpc) is 2.83. The summed E-state index contributed by atoms with van der Waals surface area (Å²) in [6.07, 6.45) is 5.68. The highest BCUT2D eigenvalue weighted by Crippen LogP contribution is 2.50. The molecular formula is C10H13NO2. The van der Waals surface area contributed by atoms with Crippen LogP contribution in [0.1, 0.15) is 7.85 Å². The zero-order valence-corrected chi connectivity index (χ0v) is 7.16. The first-order valence-corrected chi connectivity index (χ1v) is 4.26. The third kappa shape index (κ3) is 1.37. The van der Waals surface area contributed by atoms with E-state index < -0.39 is 6.09 Å². The second-order valence-corrected chi connectivity index (χ2v) is 3.37. The molecule has 0 radical (unpaired) electrons. The molecule has 2 N–H and O–H groups in total. The Labute approximate surface area is 77.9 Å². The number of rotatable bonds is 2. The zero-order chi connectivity index (χ0) is 9.42. The second-order valence-electron chi connectivity index (χ2n) is 3.37. The molecule has 0 heterocycles. The number of amides is 1. The highest BCUT2D eigenvalue weighted by Gasteiger charge is 2.43. The Kier molecular flexibility index (Phi) is 1.72. The number of allylic oxidation sites excluding steroid dienone is 5. The minimum absolute atomic E-state index is 0. The Morgan fingerprint density at radius 3 is 3.08 bits per heavy atom. The van der Waals surface area contributed by atoms with Crippen LogP contribution < -0.4 is 5.32 Å². The van der Waals surface area contributed by atoms with Crippen LogP contribution in [0.15, 0.2) is 36.1 Å². The number of carboxylic acid groups (broad SMARTS) is 1. The van der Waals surface area contributed by atoms with E-state index in [1.807, 2.05) is 18.2 Å². The predicted molar refractivity (Wildman–Crippen MR) is 51.2 cm³/mol. The first kappa shape index (κ1) is 8.10. The van der Waals surface area contributed by atoms with Crippen molar-refractivity contribution in [1.82, 2.24) is 5.32 Å². The van der Waals surface area contributed by atoms with E-state index in [1.54, 1.807) is 0 Å². The maximum atomic E-state index is 10.4. The minimum Gasteiger partial charge on any atom is -0.465 e. The van der Waals surface area contributed by atoms with E-state index in [9.17, 15) is 4.79 Å². The molecule has 13 heavy (non-hydrogen) atoms.